The Balaban J connectivity index is 1.57. The topological polar surface area (TPSA) is 74.4 Å². The number of rotatable bonds is 5. The number of aryl methyl sites for hydroxylation is 3. The second kappa shape index (κ2) is 7.38. The van der Waals surface area contributed by atoms with Crippen molar-refractivity contribution in [3.8, 4) is 11.5 Å². The molecule has 0 radical (unpaired) electrons. The first-order valence-corrected chi connectivity index (χ1v) is 9.16. The molecule has 1 aliphatic rings. The van der Waals surface area contributed by atoms with Gasteiger partial charge in [0, 0.05) is 26.5 Å². The highest BCUT2D eigenvalue weighted by molar-refractivity contribution is 5.92. The van der Waals surface area contributed by atoms with Gasteiger partial charge in [0.05, 0.1) is 18.8 Å². The Labute approximate surface area is 163 Å². The zero-order valence-corrected chi connectivity index (χ0v) is 16.2. The summed E-state index contributed by atoms with van der Waals surface area (Å²) in [6.07, 6.45) is 3.32. The van der Waals surface area contributed by atoms with Crippen LogP contribution in [-0.2, 0) is 20.6 Å². The van der Waals surface area contributed by atoms with E-state index in [-0.39, 0.29) is 12.0 Å². The molecule has 2 aromatic heterocycles. The molecule has 1 atom stereocenters. The minimum Gasteiger partial charge on any atom is -0.486 e. The first kappa shape index (κ1) is 18.1. The van der Waals surface area contributed by atoms with Gasteiger partial charge < -0.3 is 18.9 Å². The molecule has 0 spiro atoms. The van der Waals surface area contributed by atoms with Crippen LogP contribution in [0, 0.1) is 6.92 Å². The van der Waals surface area contributed by atoms with Gasteiger partial charge in [-0.05, 0) is 25.1 Å². The van der Waals surface area contributed by atoms with Crippen molar-refractivity contribution < 1.29 is 14.3 Å². The van der Waals surface area contributed by atoms with Crippen molar-refractivity contribution in [3.63, 3.8) is 0 Å². The van der Waals surface area contributed by atoms with Crippen LogP contribution in [0.4, 0.5) is 0 Å². The zero-order valence-electron chi connectivity index (χ0n) is 16.2. The predicted molar refractivity (Wildman–Crippen MR) is 102 cm³/mol. The highest BCUT2D eigenvalue weighted by Gasteiger charge is 2.28. The average molecular weight is 381 g/mol. The fourth-order valence-corrected chi connectivity index (χ4v) is 3.31. The number of para-hydroxylation sites is 2. The quantitative estimate of drug-likeness (QED) is 0.675. The lowest BCUT2D eigenvalue weighted by Gasteiger charge is -2.31. The summed E-state index contributed by atoms with van der Waals surface area (Å²) in [4.78, 5) is 19.4. The molecule has 4 rings (SSSR count). The van der Waals surface area contributed by atoms with E-state index in [9.17, 15) is 4.79 Å². The lowest BCUT2D eigenvalue weighted by Crippen LogP contribution is -2.44. The lowest BCUT2D eigenvalue weighted by atomic mass is 10.2. The van der Waals surface area contributed by atoms with Crippen LogP contribution in [0.15, 0.2) is 42.7 Å². The Bertz CT molecular complexity index is 993. The van der Waals surface area contributed by atoms with Gasteiger partial charge in [-0.3, -0.25) is 9.48 Å². The van der Waals surface area contributed by atoms with Gasteiger partial charge in [0.2, 0.25) is 0 Å². The van der Waals surface area contributed by atoms with Crippen LogP contribution in [0.5, 0.6) is 11.5 Å². The number of carbonyl (C=O) groups excluding carboxylic acids is 1. The third-order valence-corrected chi connectivity index (χ3v) is 4.75. The molecule has 3 heterocycles. The summed E-state index contributed by atoms with van der Waals surface area (Å²) in [5.74, 6) is 2.10. The number of hydrogen-bond acceptors (Lipinski definition) is 5. The smallest absolute Gasteiger partial charge is 0.272 e. The molecule has 0 N–H and O–H groups in total. The van der Waals surface area contributed by atoms with Crippen molar-refractivity contribution in [2.24, 2.45) is 14.1 Å². The van der Waals surface area contributed by atoms with Gasteiger partial charge in [-0.2, -0.15) is 5.10 Å². The Hall–Kier alpha value is -3.29. The SMILES string of the molecule is Cc1cc(C(=O)N(Cc2nccn2C)C[C@H]2COc3ccccc3O2)n(C)n1. The predicted octanol–water partition coefficient (Wildman–Crippen LogP) is 1.94. The van der Waals surface area contributed by atoms with Crippen LogP contribution in [0.25, 0.3) is 0 Å². The minimum absolute atomic E-state index is 0.117. The second-order valence-corrected chi connectivity index (χ2v) is 6.93. The first-order valence-electron chi connectivity index (χ1n) is 9.16. The summed E-state index contributed by atoms with van der Waals surface area (Å²) in [5.41, 5.74) is 1.33. The number of imidazole rings is 1. The summed E-state index contributed by atoms with van der Waals surface area (Å²) >= 11 is 0. The van der Waals surface area contributed by atoms with Crippen LogP contribution >= 0.6 is 0 Å². The lowest BCUT2D eigenvalue weighted by molar-refractivity contribution is 0.0430. The van der Waals surface area contributed by atoms with E-state index in [1.807, 2.05) is 49.0 Å². The van der Waals surface area contributed by atoms with Crippen molar-refractivity contribution >= 4 is 5.91 Å². The summed E-state index contributed by atoms with van der Waals surface area (Å²) in [7, 11) is 3.69. The average Bonchev–Trinajstić information content (AvgIpc) is 3.24. The third kappa shape index (κ3) is 3.58. The molecule has 1 aromatic carbocycles. The molecule has 0 fully saturated rings. The Morgan fingerprint density at radius 3 is 2.75 bits per heavy atom. The molecule has 0 saturated carbocycles. The van der Waals surface area contributed by atoms with E-state index in [1.54, 1.807) is 28.9 Å². The number of hydrogen-bond donors (Lipinski definition) is 0. The maximum absolute atomic E-state index is 13.3. The largest absolute Gasteiger partial charge is 0.486 e. The molecular weight excluding hydrogens is 358 g/mol. The van der Waals surface area contributed by atoms with E-state index < -0.39 is 0 Å². The van der Waals surface area contributed by atoms with Gasteiger partial charge in [0.15, 0.2) is 17.6 Å². The maximum atomic E-state index is 13.3. The molecule has 0 aliphatic carbocycles. The van der Waals surface area contributed by atoms with Gasteiger partial charge in [-0.25, -0.2) is 4.98 Å². The Morgan fingerprint density at radius 1 is 1.29 bits per heavy atom. The molecule has 3 aromatic rings. The molecule has 1 amide bonds. The molecular formula is C20H23N5O3. The molecule has 0 saturated heterocycles. The monoisotopic (exact) mass is 381 g/mol. The standard InChI is InChI=1S/C20H23N5O3/c1-14-10-16(24(3)22-14)20(26)25(12-19-21-8-9-23(19)2)11-15-13-27-17-6-4-5-7-18(17)28-15/h4-10,15H,11-13H2,1-3H3/t15-/m0/s1. The molecule has 8 heteroatoms. The van der Waals surface area contributed by atoms with Crippen LogP contribution < -0.4 is 9.47 Å². The zero-order chi connectivity index (χ0) is 19.7. The number of nitrogens with zero attached hydrogens (tertiary/aromatic N) is 5. The first-order chi connectivity index (χ1) is 13.5. The van der Waals surface area contributed by atoms with Gasteiger partial charge >= 0.3 is 0 Å². The summed E-state index contributed by atoms with van der Waals surface area (Å²) < 4.78 is 15.4. The summed E-state index contributed by atoms with van der Waals surface area (Å²) in [6, 6.07) is 9.35. The van der Waals surface area contributed by atoms with Gasteiger partial charge in [-0.1, -0.05) is 12.1 Å². The van der Waals surface area contributed by atoms with Crippen molar-refractivity contribution in [1.82, 2.24) is 24.2 Å². The number of ether oxygens (including phenoxy) is 2. The van der Waals surface area contributed by atoms with Crippen molar-refractivity contribution in [2.75, 3.05) is 13.2 Å². The Morgan fingerprint density at radius 2 is 2.07 bits per heavy atom. The number of aromatic nitrogens is 4. The minimum atomic E-state index is -0.270. The molecule has 1 aliphatic heterocycles. The van der Waals surface area contributed by atoms with E-state index in [4.69, 9.17) is 9.47 Å². The molecule has 0 bridgehead atoms. The number of amides is 1. The molecule has 0 unspecified atom stereocenters. The number of carbonyl (C=O) groups is 1. The van der Waals surface area contributed by atoms with Crippen LogP contribution in [0.3, 0.4) is 0 Å². The van der Waals surface area contributed by atoms with E-state index in [0.29, 0.717) is 31.1 Å². The fraction of sp³-hybridized carbons (Fsp3) is 0.350. The maximum Gasteiger partial charge on any atom is 0.272 e. The number of benzene rings is 1. The molecule has 28 heavy (non-hydrogen) atoms. The van der Waals surface area contributed by atoms with E-state index >= 15 is 0 Å². The van der Waals surface area contributed by atoms with Gasteiger partial charge in [0.1, 0.15) is 18.1 Å². The second-order valence-electron chi connectivity index (χ2n) is 6.93. The van der Waals surface area contributed by atoms with Crippen LogP contribution in [-0.4, -0.2) is 49.4 Å². The number of fused-ring (bicyclic) bond motifs is 1. The van der Waals surface area contributed by atoms with E-state index in [1.165, 1.54) is 0 Å². The van der Waals surface area contributed by atoms with Crippen molar-refractivity contribution in [3.05, 3.63) is 59.9 Å². The summed E-state index contributed by atoms with van der Waals surface area (Å²) in [6.45, 7) is 3.00. The van der Waals surface area contributed by atoms with Gasteiger partial charge in [-0.15, -0.1) is 0 Å². The highest BCUT2D eigenvalue weighted by Crippen LogP contribution is 2.31. The van der Waals surface area contributed by atoms with E-state index in [0.717, 1.165) is 17.3 Å². The summed E-state index contributed by atoms with van der Waals surface area (Å²) in [5, 5.41) is 4.30. The van der Waals surface area contributed by atoms with E-state index in [2.05, 4.69) is 10.1 Å². The van der Waals surface area contributed by atoms with Crippen LogP contribution in [0.1, 0.15) is 22.0 Å². The highest BCUT2D eigenvalue weighted by atomic mass is 16.6. The van der Waals surface area contributed by atoms with Crippen LogP contribution in [0.2, 0.25) is 0 Å². The third-order valence-electron chi connectivity index (χ3n) is 4.75. The fourth-order valence-electron chi connectivity index (χ4n) is 3.31. The van der Waals surface area contributed by atoms with Crippen molar-refractivity contribution in [1.29, 1.82) is 0 Å². The Kier molecular flexibility index (Phi) is 4.77. The van der Waals surface area contributed by atoms with Crippen molar-refractivity contribution in [2.45, 2.75) is 19.6 Å². The normalized spacial score (nSPS) is 15.5. The van der Waals surface area contributed by atoms with Gasteiger partial charge in [0.25, 0.3) is 5.91 Å². The molecule has 8 nitrogen and oxygen atoms in total. The molecule has 146 valence electrons.